The Hall–Kier alpha value is -1.77. The van der Waals surface area contributed by atoms with E-state index in [1.54, 1.807) is 0 Å². The van der Waals surface area contributed by atoms with Gasteiger partial charge in [-0.2, -0.15) is 0 Å². The van der Waals surface area contributed by atoms with Crippen LogP contribution in [-0.4, -0.2) is 5.91 Å². The Morgan fingerprint density at radius 2 is 1.88 bits per heavy atom. The first-order chi connectivity index (χ1) is 7.66. The van der Waals surface area contributed by atoms with Crippen molar-refractivity contribution in [1.29, 1.82) is 0 Å². The fourth-order valence-corrected chi connectivity index (χ4v) is 1.41. The number of rotatable bonds is 4. The number of carbonyl (C=O) groups excluding carboxylic acids is 1. The van der Waals surface area contributed by atoms with Crippen molar-refractivity contribution in [3.05, 3.63) is 42.0 Å². The largest absolute Gasteiger partial charge is 0.299 e. The van der Waals surface area contributed by atoms with Crippen LogP contribution in [0, 0.1) is 12.8 Å². The van der Waals surface area contributed by atoms with Crippen LogP contribution in [0.2, 0.25) is 0 Å². The van der Waals surface area contributed by atoms with E-state index in [0.717, 1.165) is 18.4 Å². The molecule has 1 aromatic carbocycles. The second-order valence-electron chi connectivity index (χ2n) is 4.23. The van der Waals surface area contributed by atoms with Crippen LogP contribution in [0.25, 0.3) is 5.70 Å². The van der Waals surface area contributed by atoms with Gasteiger partial charge in [0.15, 0.2) is 0 Å². The molecule has 1 aliphatic carbocycles. The summed E-state index contributed by atoms with van der Waals surface area (Å²) in [4.78, 5) is 11.4. The number of carbonyl (C=O) groups is 1. The van der Waals surface area contributed by atoms with Gasteiger partial charge in [0.1, 0.15) is 0 Å². The summed E-state index contributed by atoms with van der Waals surface area (Å²) in [6.07, 6.45) is 2.01. The lowest BCUT2D eigenvalue weighted by molar-refractivity contribution is -0.122. The van der Waals surface area contributed by atoms with Crippen molar-refractivity contribution < 1.29 is 4.79 Å². The maximum Gasteiger partial charge on any atom is 0.241 e. The van der Waals surface area contributed by atoms with E-state index in [9.17, 15) is 4.79 Å². The third-order valence-electron chi connectivity index (χ3n) is 2.68. The maximum atomic E-state index is 11.4. The number of hydrazine groups is 1. The summed E-state index contributed by atoms with van der Waals surface area (Å²) in [5, 5.41) is 0. The summed E-state index contributed by atoms with van der Waals surface area (Å²) in [7, 11) is 0. The highest BCUT2D eigenvalue weighted by molar-refractivity contribution is 5.81. The van der Waals surface area contributed by atoms with Gasteiger partial charge in [-0.25, -0.2) is 0 Å². The van der Waals surface area contributed by atoms with Gasteiger partial charge in [0.25, 0.3) is 0 Å². The number of hydrogen-bond acceptors (Lipinski definition) is 2. The molecule has 3 nitrogen and oxygen atoms in total. The fraction of sp³-hybridized carbons (Fsp3) is 0.308. The first-order valence-corrected chi connectivity index (χ1v) is 5.48. The number of amides is 1. The minimum absolute atomic E-state index is 0.0632. The van der Waals surface area contributed by atoms with Gasteiger partial charge in [0.2, 0.25) is 5.91 Å². The molecule has 0 spiro atoms. The summed E-state index contributed by atoms with van der Waals surface area (Å²) >= 11 is 0. The lowest BCUT2D eigenvalue weighted by atomic mass is 10.1. The zero-order valence-corrected chi connectivity index (χ0v) is 9.42. The molecule has 0 saturated heterocycles. The summed E-state index contributed by atoms with van der Waals surface area (Å²) in [5.41, 5.74) is 8.43. The van der Waals surface area contributed by atoms with Crippen LogP contribution < -0.4 is 10.9 Å². The van der Waals surface area contributed by atoms with Crippen LogP contribution in [0.3, 0.4) is 0 Å². The molecular weight excluding hydrogens is 200 g/mol. The third-order valence-corrected chi connectivity index (χ3v) is 2.68. The highest BCUT2D eigenvalue weighted by atomic mass is 16.2. The lowest BCUT2D eigenvalue weighted by Gasteiger charge is -2.10. The van der Waals surface area contributed by atoms with Crippen molar-refractivity contribution in [1.82, 2.24) is 10.9 Å². The first kappa shape index (κ1) is 10.7. The second-order valence-corrected chi connectivity index (χ2v) is 4.23. The van der Waals surface area contributed by atoms with Gasteiger partial charge in [-0.1, -0.05) is 36.4 Å². The average molecular weight is 216 g/mol. The van der Waals surface area contributed by atoms with Crippen molar-refractivity contribution in [2.24, 2.45) is 5.92 Å². The van der Waals surface area contributed by atoms with Crippen molar-refractivity contribution in [2.45, 2.75) is 19.8 Å². The van der Waals surface area contributed by atoms with E-state index in [-0.39, 0.29) is 11.8 Å². The van der Waals surface area contributed by atoms with Crippen molar-refractivity contribution in [2.75, 3.05) is 0 Å². The van der Waals surface area contributed by atoms with E-state index in [4.69, 9.17) is 0 Å². The SMILES string of the molecule is C=C(NNC(=O)C1CC1)c1ccc(C)cc1. The van der Waals surface area contributed by atoms with Crippen LogP contribution in [0.5, 0.6) is 0 Å². The monoisotopic (exact) mass is 216 g/mol. The molecule has 1 fully saturated rings. The van der Waals surface area contributed by atoms with Crippen molar-refractivity contribution in [3.63, 3.8) is 0 Å². The molecular formula is C13H16N2O. The van der Waals surface area contributed by atoms with E-state index in [1.165, 1.54) is 5.56 Å². The Morgan fingerprint density at radius 1 is 1.25 bits per heavy atom. The molecule has 16 heavy (non-hydrogen) atoms. The Balaban J connectivity index is 1.87. The standard InChI is InChI=1S/C13H16N2O/c1-9-3-5-11(6-4-9)10(2)14-15-13(16)12-7-8-12/h3-6,12,14H,2,7-8H2,1H3,(H,15,16). The lowest BCUT2D eigenvalue weighted by Crippen LogP contribution is -2.36. The molecule has 0 unspecified atom stereocenters. The van der Waals surface area contributed by atoms with Crippen LogP contribution in [0.15, 0.2) is 30.8 Å². The number of benzene rings is 1. The Morgan fingerprint density at radius 3 is 2.44 bits per heavy atom. The van der Waals surface area contributed by atoms with Crippen LogP contribution >= 0.6 is 0 Å². The van der Waals surface area contributed by atoms with Crippen molar-refractivity contribution in [3.8, 4) is 0 Å². The highest BCUT2D eigenvalue weighted by Crippen LogP contribution is 2.28. The normalized spacial score (nSPS) is 14.3. The molecule has 3 heteroatoms. The number of aryl methyl sites for hydroxylation is 1. The number of nitrogens with one attached hydrogen (secondary N) is 2. The van der Waals surface area contributed by atoms with Gasteiger partial charge < -0.3 is 0 Å². The second kappa shape index (κ2) is 4.39. The molecule has 84 valence electrons. The maximum absolute atomic E-state index is 11.4. The zero-order chi connectivity index (χ0) is 11.5. The minimum Gasteiger partial charge on any atom is -0.299 e. The molecule has 1 aromatic rings. The van der Waals surface area contributed by atoms with E-state index in [0.29, 0.717) is 5.70 Å². The zero-order valence-electron chi connectivity index (χ0n) is 9.42. The van der Waals surface area contributed by atoms with E-state index >= 15 is 0 Å². The van der Waals surface area contributed by atoms with Gasteiger partial charge in [-0.15, -0.1) is 0 Å². The molecule has 0 bridgehead atoms. The van der Waals surface area contributed by atoms with E-state index < -0.39 is 0 Å². The molecule has 0 atom stereocenters. The highest BCUT2D eigenvalue weighted by Gasteiger charge is 2.29. The summed E-state index contributed by atoms with van der Waals surface area (Å²) in [6, 6.07) is 8.00. The van der Waals surface area contributed by atoms with E-state index in [2.05, 4.69) is 17.4 Å². The predicted octanol–water partition coefficient (Wildman–Crippen LogP) is 2.00. The predicted molar refractivity (Wildman–Crippen MR) is 64.2 cm³/mol. The number of hydrogen-bond donors (Lipinski definition) is 2. The topological polar surface area (TPSA) is 41.1 Å². The molecule has 1 aliphatic rings. The molecule has 1 amide bonds. The van der Waals surface area contributed by atoms with Crippen molar-refractivity contribution >= 4 is 11.6 Å². The molecule has 0 aromatic heterocycles. The first-order valence-electron chi connectivity index (χ1n) is 5.48. The summed E-state index contributed by atoms with van der Waals surface area (Å²) in [5.74, 6) is 0.270. The quantitative estimate of drug-likeness (QED) is 0.756. The van der Waals surface area contributed by atoms with Crippen LogP contribution in [-0.2, 0) is 4.79 Å². The molecule has 0 radical (unpaired) electrons. The Labute approximate surface area is 95.5 Å². The van der Waals surface area contributed by atoms with Crippen LogP contribution in [0.4, 0.5) is 0 Å². The van der Waals surface area contributed by atoms with Gasteiger partial charge in [-0.3, -0.25) is 15.6 Å². The molecule has 1 saturated carbocycles. The van der Waals surface area contributed by atoms with Gasteiger partial charge in [0, 0.05) is 5.92 Å². The molecule has 0 heterocycles. The van der Waals surface area contributed by atoms with Gasteiger partial charge >= 0.3 is 0 Å². The van der Waals surface area contributed by atoms with Gasteiger partial charge in [-0.05, 0) is 25.3 Å². The molecule has 0 aliphatic heterocycles. The molecule has 2 rings (SSSR count). The average Bonchev–Trinajstić information content (AvgIpc) is 3.10. The minimum atomic E-state index is 0.0632. The summed E-state index contributed by atoms with van der Waals surface area (Å²) in [6.45, 7) is 5.92. The van der Waals surface area contributed by atoms with E-state index in [1.807, 2.05) is 31.2 Å². The van der Waals surface area contributed by atoms with Crippen LogP contribution in [0.1, 0.15) is 24.0 Å². The molecule has 2 N–H and O–H groups in total. The van der Waals surface area contributed by atoms with Gasteiger partial charge in [0.05, 0.1) is 5.70 Å². The fourth-order valence-electron chi connectivity index (χ4n) is 1.41. The third kappa shape index (κ3) is 2.63. The Bertz CT molecular complexity index is 404. The Kier molecular flexibility index (Phi) is 2.95. The summed E-state index contributed by atoms with van der Waals surface area (Å²) < 4.78 is 0. The smallest absolute Gasteiger partial charge is 0.241 e.